The van der Waals surface area contributed by atoms with E-state index in [1.165, 1.54) is 23.3 Å². The normalized spacial score (nSPS) is 28.8. The molecule has 2 aliphatic carbocycles. The predicted molar refractivity (Wildman–Crippen MR) is 122 cm³/mol. The van der Waals surface area contributed by atoms with E-state index in [4.69, 9.17) is 11.5 Å². The molecule has 0 amide bonds. The van der Waals surface area contributed by atoms with Crippen LogP contribution in [0.1, 0.15) is 53.1 Å². The largest absolute Gasteiger partial charge is 0.477 e. The van der Waals surface area contributed by atoms with Gasteiger partial charge in [0.2, 0.25) is 0 Å². The summed E-state index contributed by atoms with van der Waals surface area (Å²) in [4.78, 5) is 28.9. The van der Waals surface area contributed by atoms with Crippen molar-refractivity contribution in [3.8, 4) is 0 Å². The number of carboxylic acid groups (broad SMARTS) is 1. The molecule has 6 rings (SSSR count). The van der Waals surface area contributed by atoms with Crippen molar-refractivity contribution in [3.05, 3.63) is 45.1 Å². The van der Waals surface area contributed by atoms with Crippen LogP contribution in [-0.4, -0.2) is 64.7 Å². The van der Waals surface area contributed by atoms with E-state index in [1.807, 2.05) is 11.8 Å². The van der Waals surface area contributed by atoms with E-state index in [0.29, 0.717) is 29.9 Å². The van der Waals surface area contributed by atoms with Gasteiger partial charge in [0.1, 0.15) is 5.56 Å². The molecule has 2 aliphatic heterocycles. The second kappa shape index (κ2) is 7.01. The van der Waals surface area contributed by atoms with Gasteiger partial charge in [-0.1, -0.05) is 0 Å². The van der Waals surface area contributed by atoms with Crippen molar-refractivity contribution in [2.24, 2.45) is 16.9 Å². The van der Waals surface area contributed by atoms with E-state index in [0.717, 1.165) is 37.7 Å². The quantitative estimate of drug-likeness (QED) is 0.635. The van der Waals surface area contributed by atoms with Crippen molar-refractivity contribution >= 4 is 17.2 Å². The lowest BCUT2D eigenvalue weighted by Gasteiger charge is -2.27. The van der Waals surface area contributed by atoms with Crippen LogP contribution in [0.4, 0.5) is 10.1 Å². The smallest absolute Gasteiger partial charge is 0.341 e. The first-order valence-electron chi connectivity index (χ1n) is 11.8. The molecule has 1 spiro atoms. The summed E-state index contributed by atoms with van der Waals surface area (Å²) >= 11 is 0. The first kappa shape index (κ1) is 21.1. The Labute approximate surface area is 190 Å². The number of aryl methyl sites for hydroxylation is 1. The van der Waals surface area contributed by atoms with Gasteiger partial charge >= 0.3 is 5.97 Å². The molecular weight excluding hydrogens is 425 g/mol. The Bertz CT molecular complexity index is 1240. The number of likely N-dealkylation sites (tertiary alicyclic amines) is 1. The molecular formula is C24H30FN5O3. The van der Waals surface area contributed by atoms with Gasteiger partial charge in [0.15, 0.2) is 5.82 Å². The Morgan fingerprint density at radius 3 is 2.55 bits per heavy atom. The van der Waals surface area contributed by atoms with E-state index in [9.17, 15) is 14.7 Å². The molecule has 176 valence electrons. The number of pyridine rings is 2. The van der Waals surface area contributed by atoms with Gasteiger partial charge in [0.05, 0.1) is 17.4 Å². The van der Waals surface area contributed by atoms with E-state index >= 15 is 4.39 Å². The zero-order chi connectivity index (χ0) is 23.2. The second-order valence-electron chi connectivity index (χ2n) is 10.6. The topological polar surface area (TPSA) is 117 Å². The molecule has 3 atom stereocenters. The molecule has 2 aromatic heterocycles. The van der Waals surface area contributed by atoms with Gasteiger partial charge in [-0.05, 0) is 61.1 Å². The van der Waals surface area contributed by atoms with Gasteiger partial charge in [-0.2, -0.15) is 0 Å². The highest BCUT2D eigenvalue weighted by atomic mass is 19.1. The van der Waals surface area contributed by atoms with Crippen LogP contribution < -0.4 is 21.9 Å². The van der Waals surface area contributed by atoms with Gasteiger partial charge in [-0.25, -0.2) is 9.18 Å². The number of aromatic carboxylic acids is 1. The zero-order valence-corrected chi connectivity index (χ0v) is 18.8. The zero-order valence-electron chi connectivity index (χ0n) is 18.8. The Kier molecular flexibility index (Phi) is 4.47. The molecule has 8 nitrogen and oxygen atoms in total. The Morgan fingerprint density at radius 1 is 1.21 bits per heavy atom. The lowest BCUT2D eigenvalue weighted by Crippen LogP contribution is -2.46. The van der Waals surface area contributed by atoms with Crippen molar-refractivity contribution in [2.75, 3.05) is 31.1 Å². The van der Waals surface area contributed by atoms with E-state index in [1.54, 1.807) is 0 Å². The van der Waals surface area contributed by atoms with Crippen LogP contribution in [0.3, 0.4) is 0 Å². The number of carboxylic acids is 1. The van der Waals surface area contributed by atoms with Gasteiger partial charge in [0.25, 0.3) is 5.56 Å². The number of anilines is 1. The molecule has 0 aromatic carbocycles. The molecule has 4 aliphatic rings. The minimum absolute atomic E-state index is 0.102. The molecule has 2 saturated heterocycles. The molecule has 2 aromatic rings. The molecule has 0 bridgehead atoms. The van der Waals surface area contributed by atoms with Crippen LogP contribution in [-0.2, 0) is 0 Å². The van der Waals surface area contributed by atoms with Crippen LogP contribution in [0.15, 0.2) is 17.1 Å². The number of aromatic nitrogens is 1. The van der Waals surface area contributed by atoms with Crippen molar-refractivity contribution in [1.29, 1.82) is 0 Å². The maximum Gasteiger partial charge on any atom is 0.341 e. The number of rotatable bonds is 4. The van der Waals surface area contributed by atoms with Crippen molar-refractivity contribution < 1.29 is 14.3 Å². The van der Waals surface area contributed by atoms with E-state index in [2.05, 4.69) is 4.90 Å². The van der Waals surface area contributed by atoms with Crippen LogP contribution in [0, 0.1) is 18.2 Å². The molecule has 5 N–H and O–H groups in total. The molecule has 4 heterocycles. The van der Waals surface area contributed by atoms with E-state index in [-0.39, 0.29) is 35.0 Å². The van der Waals surface area contributed by atoms with Crippen molar-refractivity contribution in [2.45, 2.75) is 56.7 Å². The highest BCUT2D eigenvalue weighted by Crippen LogP contribution is 2.52. The highest BCUT2D eigenvalue weighted by Gasteiger charge is 2.55. The fraction of sp³-hybridized carbons (Fsp3) is 0.583. The number of nitrogens with two attached hydrogens (primary N) is 2. The lowest BCUT2D eigenvalue weighted by molar-refractivity contribution is 0.0694. The summed E-state index contributed by atoms with van der Waals surface area (Å²) in [6, 6.07) is 1.64. The summed E-state index contributed by atoms with van der Waals surface area (Å²) in [5.74, 6) is -1.62. The average molecular weight is 456 g/mol. The molecule has 2 unspecified atom stereocenters. The summed E-state index contributed by atoms with van der Waals surface area (Å²) in [5, 5.41) is 9.50. The molecule has 4 fully saturated rings. The second-order valence-corrected chi connectivity index (χ2v) is 10.6. The molecule has 2 saturated carbocycles. The third-order valence-electron chi connectivity index (χ3n) is 8.44. The van der Waals surface area contributed by atoms with Gasteiger partial charge in [0, 0.05) is 44.3 Å². The molecule has 33 heavy (non-hydrogen) atoms. The number of halogens is 1. The van der Waals surface area contributed by atoms with Gasteiger partial charge in [-0.15, -0.1) is 0 Å². The summed E-state index contributed by atoms with van der Waals surface area (Å²) in [6.07, 6.45) is 5.37. The minimum atomic E-state index is -1.29. The summed E-state index contributed by atoms with van der Waals surface area (Å²) in [5.41, 5.74) is 14.7. The maximum atomic E-state index is 15.5. The summed E-state index contributed by atoms with van der Waals surface area (Å²) < 4.78 is 16.7. The highest BCUT2D eigenvalue weighted by molar-refractivity contribution is 5.89. The first-order valence-corrected chi connectivity index (χ1v) is 11.8. The fourth-order valence-corrected chi connectivity index (χ4v) is 6.24. The summed E-state index contributed by atoms with van der Waals surface area (Å²) in [6.45, 7) is 4.73. The average Bonchev–Trinajstić information content (AvgIpc) is 3.66. The molecule has 0 radical (unpaired) electrons. The minimum Gasteiger partial charge on any atom is -0.477 e. The van der Waals surface area contributed by atoms with Crippen LogP contribution >= 0.6 is 0 Å². The number of carbonyl (C=O) groups is 1. The standard InChI is InChI=1S/C24H30FN5O3/c1-12-20-14(13-2-3-13)6-15(23(32)33)22(31)30(20)7-16(25)21(12)28-8-17(26)18(9-28)29-10-19(27)24(11-29)4-5-24/h6-7,13,17-19H,2-5,8-11,26-27H2,1H3,(H,32,33)/t17?,18?,19-/m0/s1. The number of hydrogen-bond donors (Lipinski definition) is 3. The maximum absolute atomic E-state index is 15.5. The van der Waals surface area contributed by atoms with Gasteiger partial charge in [-0.3, -0.25) is 14.1 Å². The monoisotopic (exact) mass is 455 g/mol. The third-order valence-corrected chi connectivity index (χ3v) is 8.44. The van der Waals surface area contributed by atoms with Crippen LogP contribution in [0.25, 0.3) is 5.52 Å². The number of hydrogen-bond acceptors (Lipinski definition) is 6. The molecule has 9 heteroatoms. The lowest BCUT2D eigenvalue weighted by atomic mass is 10.0. The third kappa shape index (κ3) is 3.13. The van der Waals surface area contributed by atoms with Crippen molar-refractivity contribution in [1.82, 2.24) is 9.30 Å². The van der Waals surface area contributed by atoms with Gasteiger partial charge < -0.3 is 21.5 Å². The Hall–Kier alpha value is -2.49. The van der Waals surface area contributed by atoms with Crippen molar-refractivity contribution in [3.63, 3.8) is 0 Å². The SMILES string of the molecule is Cc1c(N2CC(N)C(N3C[C@H](N)C4(CC4)C3)C2)c(F)cn2c(=O)c(C(=O)O)cc(C3CC3)c12. The summed E-state index contributed by atoms with van der Waals surface area (Å²) in [7, 11) is 0. The number of nitrogens with zero attached hydrogens (tertiary/aromatic N) is 3. The fourth-order valence-electron chi connectivity index (χ4n) is 6.24. The first-order chi connectivity index (χ1) is 15.7. The Balaban J connectivity index is 1.41. The van der Waals surface area contributed by atoms with Crippen LogP contribution in [0.2, 0.25) is 0 Å². The number of fused-ring (bicyclic) bond motifs is 1. The van der Waals surface area contributed by atoms with E-state index < -0.39 is 17.3 Å². The Morgan fingerprint density at radius 2 is 1.94 bits per heavy atom. The predicted octanol–water partition coefficient (Wildman–Crippen LogP) is 1.26. The van der Waals surface area contributed by atoms with Crippen LogP contribution in [0.5, 0.6) is 0 Å².